The summed E-state index contributed by atoms with van der Waals surface area (Å²) >= 11 is 3.21. The van der Waals surface area contributed by atoms with E-state index in [9.17, 15) is 8.42 Å². The molecule has 0 aliphatic heterocycles. The van der Waals surface area contributed by atoms with Gasteiger partial charge in [0.05, 0.1) is 12.2 Å². The Kier molecular flexibility index (Phi) is 3.59. The van der Waals surface area contributed by atoms with Crippen LogP contribution in [0.3, 0.4) is 0 Å². The average Bonchev–Trinajstić information content (AvgIpc) is 2.78. The smallest absolute Gasteiger partial charge is 0.243 e. The van der Waals surface area contributed by atoms with Crippen molar-refractivity contribution in [3.8, 4) is 0 Å². The van der Waals surface area contributed by atoms with E-state index in [4.69, 9.17) is 5.73 Å². The summed E-state index contributed by atoms with van der Waals surface area (Å²) in [7, 11) is -3.70. The van der Waals surface area contributed by atoms with Gasteiger partial charge in [-0.2, -0.15) is 5.21 Å². The van der Waals surface area contributed by atoms with Gasteiger partial charge in [0.1, 0.15) is 4.90 Å². The first-order valence-corrected chi connectivity index (χ1v) is 7.03. The monoisotopic (exact) mass is 332 g/mol. The van der Waals surface area contributed by atoms with Crippen LogP contribution in [-0.4, -0.2) is 29.0 Å². The van der Waals surface area contributed by atoms with Crippen molar-refractivity contribution in [2.24, 2.45) is 0 Å². The molecule has 0 aliphatic carbocycles. The third-order valence-corrected chi connectivity index (χ3v) is 4.04. The number of nitrogens with one attached hydrogen (secondary N) is 2. The number of sulfonamides is 1. The second kappa shape index (κ2) is 5.00. The number of nitrogen functional groups attached to an aromatic ring is 1. The van der Waals surface area contributed by atoms with Gasteiger partial charge in [0, 0.05) is 4.47 Å². The topological polar surface area (TPSA) is 127 Å². The molecule has 8 nitrogen and oxygen atoms in total. The molecule has 10 heteroatoms. The normalized spacial score (nSPS) is 11.6. The Morgan fingerprint density at radius 1 is 1.44 bits per heavy atom. The fraction of sp³-hybridized carbons (Fsp3) is 0.125. The number of anilines is 1. The summed E-state index contributed by atoms with van der Waals surface area (Å²) < 4.78 is 27.0. The molecule has 0 bridgehead atoms. The van der Waals surface area contributed by atoms with E-state index in [1.807, 2.05) is 0 Å². The molecule has 0 atom stereocenters. The molecule has 1 aromatic heterocycles. The lowest BCUT2D eigenvalue weighted by Crippen LogP contribution is -2.24. The molecule has 1 heterocycles. The van der Waals surface area contributed by atoms with Crippen molar-refractivity contribution >= 4 is 31.6 Å². The predicted octanol–water partition coefficient (Wildman–Crippen LogP) is 0.0229. The number of benzene rings is 1. The van der Waals surface area contributed by atoms with Crippen molar-refractivity contribution < 1.29 is 8.42 Å². The van der Waals surface area contributed by atoms with Gasteiger partial charge < -0.3 is 5.73 Å². The van der Waals surface area contributed by atoms with E-state index in [0.717, 1.165) is 0 Å². The van der Waals surface area contributed by atoms with Gasteiger partial charge in [0.25, 0.3) is 0 Å². The molecule has 18 heavy (non-hydrogen) atoms. The molecule has 0 fully saturated rings. The first kappa shape index (κ1) is 12.9. The quantitative estimate of drug-likeness (QED) is 0.677. The SMILES string of the molecule is Nc1cc(Br)ccc1S(=O)(=O)NCc1nn[nH]n1. The maximum atomic E-state index is 12.0. The first-order valence-electron chi connectivity index (χ1n) is 4.76. The van der Waals surface area contributed by atoms with Crippen LogP contribution in [0.4, 0.5) is 5.69 Å². The number of aromatic nitrogens is 4. The molecule has 0 amide bonds. The summed E-state index contributed by atoms with van der Waals surface area (Å²) in [5, 5.41) is 12.8. The molecule has 0 saturated heterocycles. The second-order valence-electron chi connectivity index (χ2n) is 3.33. The minimum atomic E-state index is -3.70. The van der Waals surface area contributed by atoms with Gasteiger partial charge in [-0.1, -0.05) is 21.1 Å². The fourth-order valence-electron chi connectivity index (χ4n) is 1.26. The maximum Gasteiger partial charge on any atom is 0.243 e. The van der Waals surface area contributed by atoms with Crippen LogP contribution in [-0.2, 0) is 16.6 Å². The van der Waals surface area contributed by atoms with E-state index in [1.54, 1.807) is 6.07 Å². The van der Waals surface area contributed by atoms with E-state index < -0.39 is 10.0 Å². The third kappa shape index (κ3) is 2.83. The Morgan fingerprint density at radius 3 is 2.83 bits per heavy atom. The van der Waals surface area contributed by atoms with Crippen LogP contribution in [0.2, 0.25) is 0 Å². The standard InChI is InChI=1S/C8H9BrN6O2S/c9-5-1-2-7(6(10)3-5)18(16,17)11-4-8-12-14-15-13-8/h1-3,11H,4,10H2,(H,12,13,14,15). The summed E-state index contributed by atoms with van der Waals surface area (Å²) in [5.74, 6) is 0.245. The predicted molar refractivity (Wildman–Crippen MR) is 66.8 cm³/mol. The van der Waals surface area contributed by atoms with E-state index in [2.05, 4.69) is 41.3 Å². The highest BCUT2D eigenvalue weighted by molar-refractivity contribution is 9.10. The van der Waals surface area contributed by atoms with Gasteiger partial charge in [0.15, 0.2) is 5.82 Å². The molecule has 1 aromatic carbocycles. The minimum Gasteiger partial charge on any atom is -0.398 e. The number of nitrogens with zero attached hydrogens (tertiary/aromatic N) is 3. The van der Waals surface area contributed by atoms with Crippen LogP contribution in [0.5, 0.6) is 0 Å². The molecule has 0 spiro atoms. The molecule has 0 saturated carbocycles. The van der Waals surface area contributed by atoms with Crippen molar-refractivity contribution in [3.05, 3.63) is 28.5 Å². The number of H-pyrrole nitrogens is 1. The van der Waals surface area contributed by atoms with Crippen molar-refractivity contribution in [1.82, 2.24) is 25.3 Å². The zero-order chi connectivity index (χ0) is 13.2. The molecular formula is C8H9BrN6O2S. The fourth-order valence-corrected chi connectivity index (χ4v) is 2.73. The molecule has 4 N–H and O–H groups in total. The van der Waals surface area contributed by atoms with Gasteiger partial charge in [-0.3, -0.25) is 0 Å². The first-order chi connectivity index (χ1) is 8.49. The molecule has 96 valence electrons. The van der Waals surface area contributed by atoms with Gasteiger partial charge in [0.2, 0.25) is 10.0 Å². The molecule has 0 radical (unpaired) electrons. The number of halogens is 1. The minimum absolute atomic E-state index is 0.00851. The molecule has 0 aliphatic rings. The lowest BCUT2D eigenvalue weighted by atomic mass is 10.3. The molecule has 2 rings (SSSR count). The summed E-state index contributed by atoms with van der Waals surface area (Å²) in [4.78, 5) is 0.00851. The van der Waals surface area contributed by atoms with Crippen molar-refractivity contribution in [3.63, 3.8) is 0 Å². The Bertz CT molecular complexity index is 642. The average molecular weight is 333 g/mol. The Labute approximate surface area is 111 Å². The lowest BCUT2D eigenvalue weighted by Gasteiger charge is -2.07. The number of rotatable bonds is 4. The summed E-state index contributed by atoms with van der Waals surface area (Å²) in [6.07, 6.45) is 0. The largest absolute Gasteiger partial charge is 0.398 e. The summed E-state index contributed by atoms with van der Waals surface area (Å²) in [5.41, 5.74) is 5.81. The van der Waals surface area contributed by atoms with Crippen LogP contribution in [0.1, 0.15) is 5.82 Å². The van der Waals surface area contributed by atoms with Crippen LogP contribution in [0, 0.1) is 0 Å². The molecular weight excluding hydrogens is 324 g/mol. The number of hydrogen-bond donors (Lipinski definition) is 3. The van der Waals surface area contributed by atoms with Crippen molar-refractivity contribution in [2.45, 2.75) is 11.4 Å². The van der Waals surface area contributed by atoms with Crippen LogP contribution < -0.4 is 10.5 Å². The van der Waals surface area contributed by atoms with E-state index in [0.29, 0.717) is 4.47 Å². The van der Waals surface area contributed by atoms with Crippen LogP contribution in [0.15, 0.2) is 27.6 Å². The van der Waals surface area contributed by atoms with Crippen LogP contribution >= 0.6 is 15.9 Å². The van der Waals surface area contributed by atoms with E-state index in [-0.39, 0.29) is 23.0 Å². The number of hydrogen-bond acceptors (Lipinski definition) is 6. The highest BCUT2D eigenvalue weighted by atomic mass is 79.9. The zero-order valence-corrected chi connectivity index (χ0v) is 11.4. The summed E-state index contributed by atoms with van der Waals surface area (Å²) in [6, 6.07) is 4.53. The van der Waals surface area contributed by atoms with Gasteiger partial charge in [-0.25, -0.2) is 13.1 Å². The second-order valence-corrected chi connectivity index (χ2v) is 5.99. The van der Waals surface area contributed by atoms with Crippen molar-refractivity contribution in [1.29, 1.82) is 0 Å². The Morgan fingerprint density at radius 2 is 2.22 bits per heavy atom. The van der Waals surface area contributed by atoms with E-state index >= 15 is 0 Å². The lowest BCUT2D eigenvalue weighted by molar-refractivity contribution is 0.579. The molecule has 2 aromatic rings. The Hall–Kier alpha value is -1.52. The van der Waals surface area contributed by atoms with Gasteiger partial charge in [-0.15, -0.1) is 10.2 Å². The van der Waals surface area contributed by atoms with Gasteiger partial charge in [-0.05, 0) is 18.2 Å². The number of aromatic amines is 1. The van der Waals surface area contributed by atoms with Crippen LogP contribution in [0.25, 0.3) is 0 Å². The van der Waals surface area contributed by atoms with Gasteiger partial charge >= 0.3 is 0 Å². The zero-order valence-electron chi connectivity index (χ0n) is 8.96. The Balaban J connectivity index is 2.20. The number of nitrogens with two attached hydrogens (primary N) is 1. The number of tetrazole rings is 1. The highest BCUT2D eigenvalue weighted by Crippen LogP contribution is 2.22. The highest BCUT2D eigenvalue weighted by Gasteiger charge is 2.17. The van der Waals surface area contributed by atoms with Crippen molar-refractivity contribution in [2.75, 3.05) is 5.73 Å². The third-order valence-electron chi connectivity index (χ3n) is 2.07. The maximum absolute atomic E-state index is 12.0. The van der Waals surface area contributed by atoms with E-state index in [1.165, 1.54) is 12.1 Å². The molecule has 0 unspecified atom stereocenters. The summed E-state index contributed by atoms with van der Waals surface area (Å²) in [6.45, 7) is -0.0612.